The second-order valence-corrected chi connectivity index (χ2v) is 8.81. The van der Waals surface area contributed by atoms with Crippen molar-refractivity contribution >= 4 is 22.7 Å². The van der Waals surface area contributed by atoms with Crippen molar-refractivity contribution in [3.05, 3.63) is 86.6 Å². The first-order valence-electron chi connectivity index (χ1n) is 9.99. The van der Waals surface area contributed by atoms with Gasteiger partial charge in [0.15, 0.2) is 5.58 Å². The van der Waals surface area contributed by atoms with E-state index in [9.17, 15) is 4.79 Å². The molecule has 2 aromatic carbocycles. The van der Waals surface area contributed by atoms with E-state index in [1.165, 1.54) is 11.1 Å². The molecule has 6 nitrogen and oxygen atoms in total. The molecule has 0 fully saturated rings. The van der Waals surface area contributed by atoms with Crippen LogP contribution in [0.5, 0.6) is 0 Å². The summed E-state index contributed by atoms with van der Waals surface area (Å²) in [6.45, 7) is 5.23. The first-order chi connectivity index (χ1) is 14.3. The van der Waals surface area contributed by atoms with Crippen molar-refractivity contribution in [2.24, 2.45) is 7.05 Å². The highest BCUT2D eigenvalue weighted by Crippen LogP contribution is 2.48. The van der Waals surface area contributed by atoms with Crippen molar-refractivity contribution in [1.29, 1.82) is 0 Å². The lowest BCUT2D eigenvalue weighted by atomic mass is 9.93. The molecule has 0 radical (unpaired) electrons. The van der Waals surface area contributed by atoms with Crippen molar-refractivity contribution in [2.45, 2.75) is 38.4 Å². The van der Waals surface area contributed by atoms with E-state index in [1.807, 2.05) is 29.9 Å². The summed E-state index contributed by atoms with van der Waals surface area (Å²) in [6, 6.07) is 14.6. The van der Waals surface area contributed by atoms with Gasteiger partial charge in [-0.3, -0.25) is 14.6 Å². The molecule has 1 atom stereocenters. The number of nitrogens with zero attached hydrogens (tertiary/aromatic N) is 3. The van der Waals surface area contributed by atoms with Crippen LogP contribution >= 0.6 is 11.6 Å². The van der Waals surface area contributed by atoms with Gasteiger partial charge < -0.3 is 4.42 Å². The highest BCUT2D eigenvalue weighted by molar-refractivity contribution is 6.31. The summed E-state index contributed by atoms with van der Waals surface area (Å²) in [4.78, 5) is 16.7. The standard InChI is InChI=1S/C23H23ClN4O2/c1-23(2)16-7-5-4-6-15(16)19(11-20-17(24)12-25-27(20)3)28(23)13-14-8-9-18-21(10-14)30-22(29)26-18/h4-10,12,19H,11,13H2,1-3H3,(H,26,29). The Kier molecular flexibility index (Phi) is 4.38. The Morgan fingerprint density at radius 1 is 1.23 bits per heavy atom. The van der Waals surface area contributed by atoms with Crippen LogP contribution in [0.25, 0.3) is 11.1 Å². The van der Waals surface area contributed by atoms with Gasteiger partial charge in [0.1, 0.15) is 0 Å². The van der Waals surface area contributed by atoms with Gasteiger partial charge >= 0.3 is 5.76 Å². The van der Waals surface area contributed by atoms with Gasteiger partial charge in [0.05, 0.1) is 22.4 Å². The minimum absolute atomic E-state index is 0.151. The fourth-order valence-electron chi connectivity index (χ4n) is 4.72. The summed E-state index contributed by atoms with van der Waals surface area (Å²) in [5.74, 6) is -0.431. The van der Waals surface area contributed by atoms with Gasteiger partial charge in [0.2, 0.25) is 0 Å². The van der Waals surface area contributed by atoms with Gasteiger partial charge in [-0.15, -0.1) is 0 Å². The molecule has 0 amide bonds. The number of fused-ring (bicyclic) bond motifs is 2. The predicted molar refractivity (Wildman–Crippen MR) is 117 cm³/mol. The quantitative estimate of drug-likeness (QED) is 0.524. The molecule has 0 spiro atoms. The van der Waals surface area contributed by atoms with Gasteiger partial charge in [-0.2, -0.15) is 5.10 Å². The van der Waals surface area contributed by atoms with E-state index in [1.54, 1.807) is 6.20 Å². The summed E-state index contributed by atoms with van der Waals surface area (Å²) in [5.41, 5.74) is 5.87. The van der Waals surface area contributed by atoms with E-state index in [2.05, 4.69) is 53.1 Å². The largest absolute Gasteiger partial charge is 0.417 e. The molecule has 1 unspecified atom stereocenters. The molecule has 1 aliphatic rings. The maximum atomic E-state index is 11.5. The molecule has 1 aliphatic heterocycles. The van der Waals surface area contributed by atoms with E-state index in [4.69, 9.17) is 16.0 Å². The van der Waals surface area contributed by atoms with Crippen molar-refractivity contribution in [1.82, 2.24) is 19.7 Å². The number of rotatable bonds is 4. The maximum Gasteiger partial charge on any atom is 0.417 e. The molecular weight excluding hydrogens is 400 g/mol. The van der Waals surface area contributed by atoms with Crippen LogP contribution in [-0.4, -0.2) is 19.7 Å². The van der Waals surface area contributed by atoms with Gasteiger partial charge in [-0.05, 0) is 42.7 Å². The van der Waals surface area contributed by atoms with E-state index in [0.717, 1.165) is 17.7 Å². The van der Waals surface area contributed by atoms with Crippen molar-refractivity contribution < 1.29 is 4.42 Å². The Labute approximate surface area is 179 Å². The smallest absolute Gasteiger partial charge is 0.408 e. The molecule has 30 heavy (non-hydrogen) atoms. The topological polar surface area (TPSA) is 67.1 Å². The Bertz CT molecular complexity index is 1280. The Morgan fingerprint density at radius 2 is 2.03 bits per heavy atom. The molecule has 7 heteroatoms. The molecule has 0 saturated heterocycles. The first-order valence-corrected chi connectivity index (χ1v) is 10.4. The minimum Gasteiger partial charge on any atom is -0.408 e. The molecule has 0 bridgehead atoms. The second-order valence-electron chi connectivity index (χ2n) is 8.40. The van der Waals surface area contributed by atoms with Crippen LogP contribution in [0.1, 0.15) is 42.3 Å². The molecule has 3 heterocycles. The monoisotopic (exact) mass is 422 g/mol. The summed E-state index contributed by atoms with van der Waals surface area (Å²) in [5, 5.41) is 5.01. The lowest BCUT2D eigenvalue weighted by Gasteiger charge is -2.36. The predicted octanol–water partition coefficient (Wildman–Crippen LogP) is 4.54. The van der Waals surface area contributed by atoms with Crippen LogP contribution in [-0.2, 0) is 25.6 Å². The molecule has 0 saturated carbocycles. The van der Waals surface area contributed by atoms with Crippen molar-refractivity contribution in [3.8, 4) is 0 Å². The van der Waals surface area contributed by atoms with E-state index in [-0.39, 0.29) is 11.6 Å². The number of benzene rings is 2. The zero-order chi connectivity index (χ0) is 21.0. The fraction of sp³-hybridized carbons (Fsp3) is 0.304. The van der Waals surface area contributed by atoms with E-state index >= 15 is 0 Å². The fourth-order valence-corrected chi connectivity index (χ4v) is 4.96. The van der Waals surface area contributed by atoms with Gasteiger partial charge in [-0.1, -0.05) is 41.9 Å². The number of hydrogen-bond acceptors (Lipinski definition) is 4. The van der Waals surface area contributed by atoms with Crippen LogP contribution in [0.15, 0.2) is 57.9 Å². The van der Waals surface area contributed by atoms with Crippen molar-refractivity contribution in [2.75, 3.05) is 0 Å². The Balaban J connectivity index is 1.57. The average Bonchev–Trinajstić information content (AvgIpc) is 3.31. The third kappa shape index (κ3) is 2.99. The van der Waals surface area contributed by atoms with Crippen LogP contribution in [0, 0.1) is 0 Å². The number of halogens is 1. The third-order valence-electron chi connectivity index (χ3n) is 6.31. The average molecular weight is 423 g/mol. The number of hydrogen-bond donors (Lipinski definition) is 1. The van der Waals surface area contributed by atoms with E-state index in [0.29, 0.717) is 22.7 Å². The lowest BCUT2D eigenvalue weighted by Crippen LogP contribution is -2.38. The summed E-state index contributed by atoms with van der Waals surface area (Å²) < 4.78 is 7.13. The van der Waals surface area contributed by atoms with Crippen LogP contribution in [0.4, 0.5) is 0 Å². The minimum atomic E-state index is -0.431. The number of aromatic amines is 1. The van der Waals surface area contributed by atoms with Crippen LogP contribution in [0.3, 0.4) is 0 Å². The van der Waals surface area contributed by atoms with E-state index < -0.39 is 5.76 Å². The number of H-pyrrole nitrogens is 1. The third-order valence-corrected chi connectivity index (χ3v) is 6.62. The number of nitrogens with one attached hydrogen (secondary N) is 1. The highest BCUT2D eigenvalue weighted by Gasteiger charge is 2.44. The SMILES string of the molecule is Cn1ncc(Cl)c1CC1c2ccccc2C(C)(C)N1Cc1ccc2[nH]c(=O)oc2c1. The molecule has 1 N–H and O–H groups in total. The number of aryl methyl sites for hydroxylation is 1. The van der Waals surface area contributed by atoms with Gasteiger partial charge in [-0.25, -0.2) is 4.79 Å². The summed E-state index contributed by atoms with van der Waals surface area (Å²) in [7, 11) is 1.93. The van der Waals surface area contributed by atoms with Crippen LogP contribution in [0.2, 0.25) is 5.02 Å². The lowest BCUT2D eigenvalue weighted by molar-refractivity contribution is 0.0835. The first kappa shape index (κ1) is 19.2. The van der Waals surface area contributed by atoms with Gasteiger partial charge in [0, 0.05) is 31.6 Å². The summed E-state index contributed by atoms with van der Waals surface area (Å²) in [6.07, 6.45) is 2.46. The normalized spacial score (nSPS) is 18.2. The molecular formula is C23H23ClN4O2. The summed E-state index contributed by atoms with van der Waals surface area (Å²) >= 11 is 6.45. The maximum absolute atomic E-state index is 11.5. The van der Waals surface area contributed by atoms with Crippen molar-refractivity contribution in [3.63, 3.8) is 0 Å². The molecule has 0 aliphatic carbocycles. The molecule has 154 valence electrons. The Morgan fingerprint density at radius 3 is 2.80 bits per heavy atom. The number of oxazole rings is 1. The molecule has 2 aromatic heterocycles. The number of aromatic nitrogens is 3. The molecule has 4 aromatic rings. The second kappa shape index (κ2) is 6.86. The van der Waals surface area contributed by atoms with Crippen LogP contribution < -0.4 is 5.76 Å². The zero-order valence-corrected chi connectivity index (χ0v) is 17.9. The Hall–Kier alpha value is -2.83. The van der Waals surface area contributed by atoms with Gasteiger partial charge in [0.25, 0.3) is 0 Å². The molecule has 5 rings (SSSR count). The highest BCUT2D eigenvalue weighted by atomic mass is 35.5. The zero-order valence-electron chi connectivity index (χ0n) is 17.1.